The molecular weight excluding hydrogens is 339 g/mol. The maximum Gasteiger partial charge on any atom is 0.218 e. The van der Waals surface area contributed by atoms with Gasteiger partial charge in [-0.25, -0.2) is 12.8 Å². The Bertz CT molecular complexity index is 861. The minimum absolute atomic E-state index is 0.0666. The van der Waals surface area contributed by atoms with Crippen LogP contribution in [-0.2, 0) is 28.7 Å². The molecule has 0 amide bonds. The third-order valence-corrected chi connectivity index (χ3v) is 6.94. The van der Waals surface area contributed by atoms with Gasteiger partial charge in [0, 0.05) is 32.2 Å². The second kappa shape index (κ2) is 6.52. The molecule has 2 aromatic rings. The molecule has 0 radical (unpaired) electrons. The molecule has 0 aromatic heterocycles. The highest BCUT2D eigenvalue weighted by Crippen LogP contribution is 2.26. The van der Waals surface area contributed by atoms with Gasteiger partial charge in [0.15, 0.2) is 0 Å². The first-order valence-electron chi connectivity index (χ1n) is 8.54. The third-order valence-electron chi connectivity index (χ3n) is 5.16. The number of halogens is 1. The Morgan fingerprint density at radius 1 is 1.00 bits per heavy atom. The molecule has 0 spiro atoms. The van der Waals surface area contributed by atoms with Crippen LogP contribution >= 0.6 is 0 Å². The maximum absolute atomic E-state index is 13.0. The molecule has 1 saturated heterocycles. The molecular formula is C19H21FN2O2S. The van der Waals surface area contributed by atoms with E-state index < -0.39 is 10.0 Å². The summed E-state index contributed by atoms with van der Waals surface area (Å²) in [6, 6.07) is 14.4. The van der Waals surface area contributed by atoms with Gasteiger partial charge in [0.1, 0.15) is 5.82 Å². The molecule has 0 saturated carbocycles. The molecule has 0 aliphatic carbocycles. The summed E-state index contributed by atoms with van der Waals surface area (Å²) in [5.74, 6) is -0.418. The summed E-state index contributed by atoms with van der Waals surface area (Å²) >= 11 is 0. The Morgan fingerprint density at radius 3 is 2.40 bits per heavy atom. The van der Waals surface area contributed by atoms with Crippen LogP contribution in [0.2, 0.25) is 0 Å². The van der Waals surface area contributed by atoms with Gasteiger partial charge in [0.25, 0.3) is 0 Å². The van der Waals surface area contributed by atoms with Gasteiger partial charge in [-0.1, -0.05) is 36.4 Å². The highest BCUT2D eigenvalue weighted by molar-refractivity contribution is 7.88. The number of hydrogen-bond acceptors (Lipinski definition) is 3. The number of rotatable bonds is 4. The van der Waals surface area contributed by atoms with E-state index in [1.54, 1.807) is 4.31 Å². The lowest BCUT2D eigenvalue weighted by molar-refractivity contribution is 0.0768. The Hall–Kier alpha value is -1.76. The monoisotopic (exact) mass is 360 g/mol. The van der Waals surface area contributed by atoms with Gasteiger partial charge < -0.3 is 0 Å². The Balaban J connectivity index is 1.36. The molecule has 132 valence electrons. The van der Waals surface area contributed by atoms with E-state index in [1.807, 2.05) is 0 Å². The molecule has 4 nitrogen and oxygen atoms in total. The summed E-state index contributed by atoms with van der Waals surface area (Å²) < 4.78 is 39.5. The molecule has 0 bridgehead atoms. The van der Waals surface area contributed by atoms with Crippen molar-refractivity contribution in [2.24, 2.45) is 0 Å². The molecule has 1 fully saturated rings. The molecule has 6 heteroatoms. The fourth-order valence-electron chi connectivity index (χ4n) is 3.59. The van der Waals surface area contributed by atoms with Crippen molar-refractivity contribution in [3.63, 3.8) is 0 Å². The van der Waals surface area contributed by atoms with Crippen LogP contribution in [0.3, 0.4) is 0 Å². The fourth-order valence-corrected chi connectivity index (χ4v) is 5.18. The topological polar surface area (TPSA) is 40.6 Å². The zero-order valence-corrected chi connectivity index (χ0v) is 14.8. The summed E-state index contributed by atoms with van der Waals surface area (Å²) in [6.07, 6.45) is 1.02. The van der Waals surface area contributed by atoms with Crippen LogP contribution in [0, 0.1) is 5.82 Å². The molecule has 0 atom stereocenters. The van der Waals surface area contributed by atoms with E-state index in [9.17, 15) is 12.8 Å². The number of nitrogens with zero attached hydrogens (tertiary/aromatic N) is 2. The van der Waals surface area contributed by atoms with E-state index in [1.165, 1.54) is 35.4 Å². The van der Waals surface area contributed by atoms with Crippen LogP contribution in [0.4, 0.5) is 4.39 Å². The predicted molar refractivity (Wildman–Crippen MR) is 94.9 cm³/mol. The van der Waals surface area contributed by atoms with E-state index in [0.717, 1.165) is 19.5 Å². The van der Waals surface area contributed by atoms with Gasteiger partial charge in [-0.3, -0.25) is 4.90 Å². The van der Waals surface area contributed by atoms with E-state index in [2.05, 4.69) is 29.2 Å². The van der Waals surface area contributed by atoms with Crippen LogP contribution in [0.25, 0.3) is 0 Å². The number of hydrogen-bond donors (Lipinski definition) is 0. The van der Waals surface area contributed by atoms with Gasteiger partial charge in [-0.15, -0.1) is 0 Å². The third kappa shape index (κ3) is 3.47. The maximum atomic E-state index is 13.0. The van der Waals surface area contributed by atoms with Crippen LogP contribution in [-0.4, -0.2) is 43.3 Å². The van der Waals surface area contributed by atoms with Gasteiger partial charge in [-0.2, -0.15) is 4.31 Å². The second-order valence-corrected chi connectivity index (χ2v) is 8.81. The van der Waals surface area contributed by atoms with Gasteiger partial charge in [0.2, 0.25) is 10.0 Å². The van der Waals surface area contributed by atoms with E-state index in [4.69, 9.17) is 0 Å². The summed E-state index contributed by atoms with van der Waals surface area (Å²) in [6.45, 7) is 2.97. The largest absolute Gasteiger partial charge is 0.293 e. The van der Waals surface area contributed by atoms with Crippen LogP contribution in [0.15, 0.2) is 48.5 Å². The van der Waals surface area contributed by atoms with Gasteiger partial charge in [-0.05, 0) is 35.2 Å². The van der Waals surface area contributed by atoms with Crippen LogP contribution in [0.1, 0.15) is 16.7 Å². The lowest BCUT2D eigenvalue weighted by atomic mass is 9.97. The van der Waals surface area contributed by atoms with Crippen molar-refractivity contribution in [2.75, 3.05) is 19.6 Å². The van der Waals surface area contributed by atoms with Gasteiger partial charge in [0.05, 0.1) is 5.75 Å². The standard InChI is InChI=1S/C19H21FN2O2S/c20-18-7-5-15(6-8-18)14-25(23,24)22-12-19(13-22)21-10-9-16-3-1-2-4-17(16)11-21/h1-8,19H,9-14H2. The first kappa shape index (κ1) is 16.7. The first-order chi connectivity index (χ1) is 12.0. The summed E-state index contributed by atoms with van der Waals surface area (Å²) in [5.41, 5.74) is 3.37. The van der Waals surface area contributed by atoms with Crippen molar-refractivity contribution in [2.45, 2.75) is 24.8 Å². The van der Waals surface area contributed by atoms with Gasteiger partial charge >= 0.3 is 0 Å². The zero-order valence-electron chi connectivity index (χ0n) is 13.9. The highest BCUT2D eigenvalue weighted by atomic mass is 32.2. The lowest BCUT2D eigenvalue weighted by Gasteiger charge is -2.46. The van der Waals surface area contributed by atoms with Crippen molar-refractivity contribution < 1.29 is 12.8 Å². The molecule has 2 aliphatic heterocycles. The zero-order chi connectivity index (χ0) is 17.4. The molecule has 0 N–H and O–H groups in total. The normalized spacial score (nSPS) is 19.4. The van der Waals surface area contributed by atoms with E-state index >= 15 is 0 Å². The number of sulfonamides is 1. The van der Waals surface area contributed by atoms with Crippen molar-refractivity contribution in [3.05, 3.63) is 71.0 Å². The molecule has 2 heterocycles. The molecule has 0 unspecified atom stereocenters. The fraction of sp³-hybridized carbons (Fsp3) is 0.368. The summed E-state index contributed by atoms with van der Waals surface area (Å²) in [4.78, 5) is 2.38. The molecule has 25 heavy (non-hydrogen) atoms. The Morgan fingerprint density at radius 2 is 1.68 bits per heavy atom. The molecule has 2 aromatic carbocycles. The Kier molecular flexibility index (Phi) is 4.35. The Labute approximate surface area is 147 Å². The average molecular weight is 360 g/mol. The van der Waals surface area contributed by atoms with Crippen molar-refractivity contribution >= 4 is 10.0 Å². The van der Waals surface area contributed by atoms with Crippen LogP contribution in [0.5, 0.6) is 0 Å². The lowest BCUT2D eigenvalue weighted by Crippen LogP contribution is -2.61. The SMILES string of the molecule is O=S(=O)(Cc1ccc(F)cc1)N1CC(N2CCc3ccccc3C2)C1. The highest BCUT2D eigenvalue weighted by Gasteiger charge is 2.39. The first-order valence-corrected chi connectivity index (χ1v) is 10.2. The summed E-state index contributed by atoms with van der Waals surface area (Å²) in [5, 5.41) is 0. The van der Waals surface area contributed by atoms with E-state index in [0.29, 0.717) is 18.7 Å². The number of benzene rings is 2. The number of fused-ring (bicyclic) bond motifs is 1. The second-order valence-electron chi connectivity index (χ2n) is 6.84. The predicted octanol–water partition coefficient (Wildman–Crippen LogP) is 2.40. The molecule has 2 aliphatic rings. The van der Waals surface area contributed by atoms with E-state index in [-0.39, 0.29) is 17.6 Å². The average Bonchev–Trinajstić information content (AvgIpc) is 2.55. The smallest absolute Gasteiger partial charge is 0.218 e. The van der Waals surface area contributed by atoms with Crippen molar-refractivity contribution in [1.29, 1.82) is 0 Å². The quantitative estimate of drug-likeness (QED) is 0.841. The minimum atomic E-state index is -3.34. The summed E-state index contributed by atoms with van der Waals surface area (Å²) in [7, 11) is -3.34. The molecule has 4 rings (SSSR count). The van der Waals surface area contributed by atoms with Crippen molar-refractivity contribution in [1.82, 2.24) is 9.21 Å². The van der Waals surface area contributed by atoms with Crippen LogP contribution < -0.4 is 0 Å². The van der Waals surface area contributed by atoms with Crippen molar-refractivity contribution in [3.8, 4) is 0 Å². The minimum Gasteiger partial charge on any atom is -0.293 e.